The number of imidazole rings is 1. The van der Waals surface area contributed by atoms with Crippen LogP contribution in [0.15, 0.2) is 18.7 Å². The Balaban J connectivity index is 1.91. The van der Waals surface area contributed by atoms with Gasteiger partial charge in [0.05, 0.1) is 13.1 Å². The molecule has 0 aliphatic rings. The lowest BCUT2D eigenvalue weighted by Gasteiger charge is -2.04. The molecule has 0 radical (unpaired) electrons. The Hall–Kier alpha value is -0.790. The van der Waals surface area contributed by atoms with Crippen molar-refractivity contribution in [3.63, 3.8) is 0 Å². The van der Waals surface area contributed by atoms with Crippen LogP contribution >= 0.6 is 0 Å². The van der Waals surface area contributed by atoms with Gasteiger partial charge in [0.25, 0.3) is 0 Å². The van der Waals surface area contributed by atoms with Crippen LogP contribution in [0.1, 0.15) is 117 Å². The Morgan fingerprint density at radius 1 is 0.731 bits per heavy atom. The summed E-state index contributed by atoms with van der Waals surface area (Å²) in [6, 6.07) is 0. The molecule has 26 heavy (non-hydrogen) atoms. The minimum atomic E-state index is 0.883. The summed E-state index contributed by atoms with van der Waals surface area (Å²) in [7, 11) is 0. The van der Waals surface area contributed by atoms with Crippen molar-refractivity contribution in [3.8, 4) is 0 Å². The third kappa shape index (κ3) is 13.4. The van der Waals surface area contributed by atoms with Crippen LogP contribution in [0.2, 0.25) is 0 Å². The highest BCUT2D eigenvalue weighted by atomic mass is 15.1. The fourth-order valence-corrected chi connectivity index (χ4v) is 3.69. The van der Waals surface area contributed by atoms with Gasteiger partial charge < -0.3 is 0 Å². The van der Waals surface area contributed by atoms with Crippen LogP contribution in [-0.2, 0) is 13.1 Å². The van der Waals surface area contributed by atoms with Crippen molar-refractivity contribution in [1.29, 1.82) is 0 Å². The number of nitrogens with zero attached hydrogens (tertiary/aromatic N) is 2. The minimum absolute atomic E-state index is 0.883. The van der Waals surface area contributed by atoms with E-state index in [-0.39, 0.29) is 0 Å². The first kappa shape index (κ1) is 23.2. The summed E-state index contributed by atoms with van der Waals surface area (Å²) >= 11 is 0. The van der Waals surface area contributed by atoms with E-state index >= 15 is 0 Å². The number of unbranched alkanes of at least 4 members (excludes halogenated alkanes) is 12. The molecule has 0 aromatic carbocycles. The highest BCUT2D eigenvalue weighted by Gasteiger charge is 2.03. The molecule has 2 heteroatoms. The van der Waals surface area contributed by atoms with E-state index in [9.17, 15) is 0 Å². The Kier molecular flexibility index (Phi) is 14.7. The molecule has 0 saturated carbocycles. The average molecular weight is 364 g/mol. The summed E-state index contributed by atoms with van der Waals surface area (Å²) in [4.78, 5) is 0. The average Bonchev–Trinajstić information content (AvgIpc) is 3.07. The van der Waals surface area contributed by atoms with Gasteiger partial charge in [0.1, 0.15) is 12.4 Å². The van der Waals surface area contributed by atoms with Crippen LogP contribution < -0.4 is 4.57 Å². The Morgan fingerprint density at radius 2 is 1.31 bits per heavy atom. The molecular weight excluding hydrogens is 316 g/mol. The van der Waals surface area contributed by atoms with Gasteiger partial charge in [0.2, 0.25) is 6.33 Å². The lowest BCUT2D eigenvalue weighted by Crippen LogP contribution is -2.30. The quantitative estimate of drug-likeness (QED) is 0.191. The van der Waals surface area contributed by atoms with Gasteiger partial charge in [-0.1, -0.05) is 91.4 Å². The van der Waals surface area contributed by atoms with Crippen LogP contribution in [-0.4, -0.2) is 4.57 Å². The normalized spacial score (nSPS) is 11.5. The van der Waals surface area contributed by atoms with E-state index in [0.29, 0.717) is 0 Å². The standard InChI is InChI=1S/C24H47N2/c1-4-5-6-7-13-16-19-25-21-22-26(23-25)20-17-14-11-9-8-10-12-15-18-24(2)3/h21-24H,4-20H2,1-3H3/q+1. The summed E-state index contributed by atoms with van der Waals surface area (Å²) in [6.45, 7) is 9.34. The molecule has 0 aliphatic heterocycles. The van der Waals surface area contributed by atoms with Gasteiger partial charge in [-0.2, -0.15) is 0 Å². The number of aromatic nitrogens is 2. The van der Waals surface area contributed by atoms with Crippen LogP contribution in [0, 0.1) is 5.92 Å². The van der Waals surface area contributed by atoms with Crippen molar-refractivity contribution in [2.45, 2.75) is 130 Å². The molecule has 0 spiro atoms. The Morgan fingerprint density at radius 3 is 1.96 bits per heavy atom. The highest BCUT2D eigenvalue weighted by Crippen LogP contribution is 2.12. The van der Waals surface area contributed by atoms with E-state index in [4.69, 9.17) is 0 Å². The molecule has 0 fully saturated rings. The first-order chi connectivity index (χ1) is 12.7. The summed E-state index contributed by atoms with van der Waals surface area (Å²) in [5.41, 5.74) is 0. The second kappa shape index (κ2) is 16.4. The SMILES string of the molecule is CCCCCCCCn1cc[n+](CCCCCCCCCCC(C)C)c1. The van der Waals surface area contributed by atoms with Crippen molar-refractivity contribution in [3.05, 3.63) is 18.7 Å². The van der Waals surface area contributed by atoms with E-state index < -0.39 is 0 Å². The molecular formula is C24H47N2+. The Labute approximate surface area is 164 Å². The Bertz CT molecular complexity index is 408. The zero-order valence-corrected chi connectivity index (χ0v) is 18.2. The molecule has 1 aromatic rings. The fraction of sp³-hybridized carbons (Fsp3) is 0.875. The zero-order valence-electron chi connectivity index (χ0n) is 18.2. The summed E-state index contributed by atoms with van der Waals surface area (Å²) < 4.78 is 4.75. The fourth-order valence-electron chi connectivity index (χ4n) is 3.69. The molecule has 0 unspecified atom stereocenters. The summed E-state index contributed by atoms with van der Waals surface area (Å²) in [5.74, 6) is 0.883. The van der Waals surface area contributed by atoms with Crippen molar-refractivity contribution in [1.82, 2.24) is 4.57 Å². The number of aryl methyl sites for hydroxylation is 2. The molecule has 0 N–H and O–H groups in total. The smallest absolute Gasteiger partial charge is 0.237 e. The van der Waals surface area contributed by atoms with Crippen LogP contribution in [0.25, 0.3) is 0 Å². The lowest BCUT2D eigenvalue weighted by molar-refractivity contribution is -0.696. The topological polar surface area (TPSA) is 8.81 Å². The maximum Gasteiger partial charge on any atom is 0.243 e. The van der Waals surface area contributed by atoms with Crippen molar-refractivity contribution < 1.29 is 4.57 Å². The highest BCUT2D eigenvalue weighted by molar-refractivity contribution is 4.66. The van der Waals surface area contributed by atoms with Crippen molar-refractivity contribution >= 4 is 0 Å². The zero-order chi connectivity index (χ0) is 18.9. The number of hydrogen-bond acceptors (Lipinski definition) is 0. The van der Waals surface area contributed by atoms with Gasteiger partial charge >= 0.3 is 0 Å². The maximum atomic E-state index is 2.38. The van der Waals surface area contributed by atoms with E-state index in [2.05, 4.69) is 48.6 Å². The van der Waals surface area contributed by atoms with Gasteiger partial charge in [-0.25, -0.2) is 9.13 Å². The largest absolute Gasteiger partial charge is 0.243 e. The van der Waals surface area contributed by atoms with Crippen molar-refractivity contribution in [2.75, 3.05) is 0 Å². The van der Waals surface area contributed by atoms with Crippen LogP contribution in [0.3, 0.4) is 0 Å². The molecule has 2 nitrogen and oxygen atoms in total. The summed E-state index contributed by atoms with van der Waals surface area (Å²) in [6.07, 6.45) is 27.9. The predicted octanol–water partition coefficient (Wildman–Crippen LogP) is 7.30. The second-order valence-corrected chi connectivity index (χ2v) is 8.67. The third-order valence-electron chi connectivity index (χ3n) is 5.46. The van der Waals surface area contributed by atoms with Crippen molar-refractivity contribution in [2.24, 2.45) is 5.92 Å². The van der Waals surface area contributed by atoms with Crippen LogP contribution in [0.4, 0.5) is 0 Å². The number of rotatable bonds is 18. The van der Waals surface area contributed by atoms with Gasteiger partial charge in [-0.3, -0.25) is 0 Å². The molecule has 0 amide bonds. The maximum absolute atomic E-state index is 2.38. The molecule has 0 bridgehead atoms. The van der Waals surface area contributed by atoms with Crippen LogP contribution in [0.5, 0.6) is 0 Å². The van der Waals surface area contributed by atoms with Gasteiger partial charge in [0.15, 0.2) is 0 Å². The molecule has 0 atom stereocenters. The molecule has 0 saturated heterocycles. The molecule has 152 valence electrons. The molecule has 1 aromatic heterocycles. The number of hydrogen-bond donors (Lipinski definition) is 0. The predicted molar refractivity (Wildman–Crippen MR) is 114 cm³/mol. The molecule has 0 aliphatic carbocycles. The summed E-state index contributed by atoms with van der Waals surface area (Å²) in [5, 5.41) is 0. The first-order valence-corrected chi connectivity index (χ1v) is 11.8. The van der Waals surface area contributed by atoms with E-state index in [1.165, 1.54) is 109 Å². The second-order valence-electron chi connectivity index (χ2n) is 8.67. The first-order valence-electron chi connectivity index (χ1n) is 11.8. The molecule has 1 heterocycles. The lowest BCUT2D eigenvalue weighted by atomic mass is 10.0. The monoisotopic (exact) mass is 363 g/mol. The third-order valence-corrected chi connectivity index (χ3v) is 5.46. The van der Waals surface area contributed by atoms with E-state index in [0.717, 1.165) is 5.92 Å². The van der Waals surface area contributed by atoms with E-state index in [1.807, 2.05) is 0 Å². The van der Waals surface area contributed by atoms with Gasteiger partial charge in [-0.15, -0.1) is 0 Å². The minimum Gasteiger partial charge on any atom is -0.237 e. The van der Waals surface area contributed by atoms with Gasteiger partial charge in [0, 0.05) is 0 Å². The van der Waals surface area contributed by atoms with Gasteiger partial charge in [-0.05, 0) is 31.6 Å². The molecule has 1 rings (SSSR count). The van der Waals surface area contributed by atoms with E-state index in [1.54, 1.807) is 0 Å².